The fourth-order valence-electron chi connectivity index (χ4n) is 5.50. The maximum atomic E-state index is 6.37. The number of fused-ring (bicyclic) bond motifs is 2. The number of hydrogen-bond donors (Lipinski definition) is 0. The minimum atomic E-state index is 0.247. The van der Waals surface area contributed by atoms with Crippen LogP contribution in [-0.2, 0) is 13.0 Å². The number of benzene rings is 3. The van der Waals surface area contributed by atoms with Gasteiger partial charge in [-0.15, -0.1) is 0 Å². The second-order valence-corrected chi connectivity index (χ2v) is 10.4. The molecule has 0 bridgehead atoms. The molecule has 1 saturated heterocycles. The molecule has 3 heterocycles. The highest BCUT2D eigenvalue weighted by Gasteiger charge is 2.22. The molecule has 0 saturated carbocycles. The van der Waals surface area contributed by atoms with Crippen LogP contribution in [0.2, 0.25) is 5.02 Å². The topological polar surface area (TPSA) is 61.2 Å². The van der Waals surface area contributed by atoms with Crippen LogP contribution in [-0.4, -0.2) is 68.4 Å². The van der Waals surface area contributed by atoms with E-state index < -0.39 is 0 Å². The predicted octanol–water partition coefficient (Wildman–Crippen LogP) is 5.16. The zero-order chi connectivity index (χ0) is 26.9. The van der Waals surface area contributed by atoms with Crippen LogP contribution >= 0.6 is 11.6 Å². The van der Waals surface area contributed by atoms with E-state index in [2.05, 4.69) is 28.9 Å². The first-order valence-electron chi connectivity index (χ1n) is 13.3. The number of ether oxygens (including phenoxy) is 4. The van der Waals surface area contributed by atoms with Crippen molar-refractivity contribution in [3.05, 3.63) is 70.4 Å². The van der Waals surface area contributed by atoms with Crippen molar-refractivity contribution in [2.75, 3.05) is 58.6 Å². The highest BCUT2D eigenvalue weighted by atomic mass is 35.5. The summed E-state index contributed by atoms with van der Waals surface area (Å²) in [6.07, 6.45) is 0.852. The largest absolute Gasteiger partial charge is 0.493 e. The van der Waals surface area contributed by atoms with Gasteiger partial charge >= 0.3 is 0 Å². The van der Waals surface area contributed by atoms with Crippen LogP contribution in [0.3, 0.4) is 0 Å². The highest BCUT2D eigenvalue weighted by molar-refractivity contribution is 6.31. The normalized spacial score (nSPS) is 15.2. The molecule has 8 nitrogen and oxygen atoms in total. The Kier molecular flexibility index (Phi) is 7.14. The lowest BCUT2D eigenvalue weighted by molar-refractivity contribution is 0.174. The van der Waals surface area contributed by atoms with Crippen LogP contribution in [0, 0.1) is 6.92 Å². The van der Waals surface area contributed by atoms with Crippen molar-refractivity contribution in [2.45, 2.75) is 19.9 Å². The van der Waals surface area contributed by atoms with Crippen molar-refractivity contribution in [1.82, 2.24) is 14.7 Å². The first-order chi connectivity index (χ1) is 19.0. The maximum Gasteiger partial charge on any atom is 0.231 e. The Morgan fingerprint density at radius 2 is 1.69 bits per heavy atom. The molecule has 1 fully saturated rings. The third-order valence-corrected chi connectivity index (χ3v) is 8.13. The van der Waals surface area contributed by atoms with Crippen LogP contribution in [0.15, 0.2) is 48.5 Å². The van der Waals surface area contributed by atoms with E-state index in [-0.39, 0.29) is 6.79 Å². The second kappa shape index (κ2) is 10.9. The van der Waals surface area contributed by atoms with Crippen molar-refractivity contribution < 1.29 is 18.9 Å². The minimum Gasteiger partial charge on any atom is -0.493 e. The lowest BCUT2D eigenvalue weighted by Crippen LogP contribution is -2.47. The van der Waals surface area contributed by atoms with E-state index in [0.29, 0.717) is 18.0 Å². The molecule has 4 aromatic rings. The molecule has 0 spiro atoms. The number of anilines is 1. The van der Waals surface area contributed by atoms with Gasteiger partial charge < -0.3 is 23.8 Å². The Balaban J connectivity index is 1.20. The molecule has 204 valence electrons. The smallest absolute Gasteiger partial charge is 0.231 e. The number of piperazine rings is 1. The van der Waals surface area contributed by atoms with Crippen LogP contribution in [0.1, 0.15) is 16.8 Å². The van der Waals surface area contributed by atoms with Gasteiger partial charge in [0, 0.05) is 61.3 Å². The molecule has 0 aliphatic carbocycles. The van der Waals surface area contributed by atoms with E-state index in [0.717, 1.165) is 83.4 Å². The van der Waals surface area contributed by atoms with Crippen LogP contribution in [0.5, 0.6) is 23.0 Å². The molecule has 2 aliphatic heterocycles. The summed E-state index contributed by atoms with van der Waals surface area (Å²) in [6, 6.07) is 16.2. The van der Waals surface area contributed by atoms with Crippen molar-refractivity contribution in [3.63, 3.8) is 0 Å². The molecule has 39 heavy (non-hydrogen) atoms. The average Bonchev–Trinajstić information content (AvgIpc) is 3.56. The number of methoxy groups -OCH3 is 2. The van der Waals surface area contributed by atoms with E-state index in [1.807, 2.05) is 41.1 Å². The zero-order valence-corrected chi connectivity index (χ0v) is 23.3. The van der Waals surface area contributed by atoms with Gasteiger partial charge in [-0.25, -0.2) is 0 Å². The fraction of sp³-hybridized carbons (Fsp3) is 0.367. The number of hydrogen-bond acceptors (Lipinski definition) is 7. The number of nitrogens with zero attached hydrogens (tertiary/aromatic N) is 4. The monoisotopic (exact) mass is 548 g/mol. The summed E-state index contributed by atoms with van der Waals surface area (Å²) in [5.74, 6) is 2.95. The van der Waals surface area contributed by atoms with Gasteiger partial charge in [-0.2, -0.15) is 5.10 Å². The third kappa shape index (κ3) is 5.06. The first kappa shape index (κ1) is 25.6. The lowest BCUT2D eigenvalue weighted by Gasteiger charge is -2.36. The standard InChI is InChI=1S/C30H33ClN4O4/c1-20-23(31)5-4-6-25(20)34-13-11-33(12-14-34)10-9-24-22-16-29-30(39-19-38-29)17-26(22)35(32-24)18-21-7-8-27(36-2)28(15-21)37-3/h4-8,15-17H,9-14,18-19H2,1-3H3. The Morgan fingerprint density at radius 1 is 0.923 bits per heavy atom. The number of halogens is 1. The van der Waals surface area contributed by atoms with Gasteiger partial charge in [-0.05, 0) is 48.4 Å². The molecule has 0 amide bonds. The second-order valence-electron chi connectivity index (χ2n) is 9.98. The van der Waals surface area contributed by atoms with Gasteiger partial charge in [0.05, 0.1) is 32.0 Å². The van der Waals surface area contributed by atoms with Gasteiger partial charge in [0.1, 0.15) is 0 Å². The van der Waals surface area contributed by atoms with Crippen molar-refractivity contribution in [2.24, 2.45) is 0 Å². The fourth-order valence-corrected chi connectivity index (χ4v) is 5.67. The highest BCUT2D eigenvalue weighted by Crippen LogP contribution is 2.38. The summed E-state index contributed by atoms with van der Waals surface area (Å²) in [5, 5.41) is 7.00. The van der Waals surface area contributed by atoms with Gasteiger partial charge in [0.15, 0.2) is 23.0 Å². The Hall–Kier alpha value is -3.62. The molecule has 9 heteroatoms. The van der Waals surface area contributed by atoms with Gasteiger partial charge in [-0.3, -0.25) is 9.58 Å². The third-order valence-electron chi connectivity index (χ3n) is 7.72. The van der Waals surface area contributed by atoms with E-state index in [1.165, 1.54) is 5.69 Å². The van der Waals surface area contributed by atoms with Gasteiger partial charge in [-0.1, -0.05) is 23.7 Å². The molecule has 0 atom stereocenters. The number of aromatic nitrogens is 2. The first-order valence-corrected chi connectivity index (χ1v) is 13.6. The van der Waals surface area contributed by atoms with Crippen LogP contribution in [0.4, 0.5) is 5.69 Å². The SMILES string of the molecule is COc1ccc(Cn2nc(CCN3CCN(c4cccc(Cl)c4C)CC3)c3cc4c(cc32)OCO4)cc1OC. The molecule has 0 radical (unpaired) electrons. The summed E-state index contributed by atoms with van der Waals surface area (Å²) in [7, 11) is 3.30. The molecule has 0 unspecified atom stereocenters. The summed E-state index contributed by atoms with van der Waals surface area (Å²) in [6.45, 7) is 7.86. The Bertz CT molecular complexity index is 1500. The van der Waals surface area contributed by atoms with Crippen molar-refractivity contribution in [3.8, 4) is 23.0 Å². The van der Waals surface area contributed by atoms with E-state index in [1.54, 1.807) is 14.2 Å². The minimum absolute atomic E-state index is 0.247. The quantitative estimate of drug-likeness (QED) is 0.301. The molecule has 6 rings (SSSR count). The maximum absolute atomic E-state index is 6.37. The summed E-state index contributed by atoms with van der Waals surface area (Å²) in [5.41, 5.74) is 5.56. The van der Waals surface area contributed by atoms with Gasteiger partial charge in [0.25, 0.3) is 0 Å². The van der Waals surface area contributed by atoms with Crippen molar-refractivity contribution in [1.29, 1.82) is 0 Å². The van der Waals surface area contributed by atoms with E-state index >= 15 is 0 Å². The van der Waals surface area contributed by atoms with E-state index in [4.69, 9.17) is 35.6 Å². The Labute approximate surface area is 233 Å². The van der Waals surface area contributed by atoms with E-state index in [9.17, 15) is 0 Å². The molecule has 2 aliphatic rings. The molecular weight excluding hydrogens is 516 g/mol. The predicted molar refractivity (Wildman–Crippen MR) is 153 cm³/mol. The summed E-state index contributed by atoms with van der Waals surface area (Å²) < 4.78 is 24.4. The van der Waals surface area contributed by atoms with Crippen molar-refractivity contribution >= 4 is 28.2 Å². The number of rotatable bonds is 8. The Morgan fingerprint density at radius 3 is 2.46 bits per heavy atom. The van der Waals surface area contributed by atoms with Crippen LogP contribution in [0.25, 0.3) is 10.9 Å². The lowest BCUT2D eigenvalue weighted by atomic mass is 10.1. The molecule has 3 aromatic carbocycles. The molecule has 0 N–H and O–H groups in total. The average molecular weight is 549 g/mol. The molecular formula is C30H33ClN4O4. The summed E-state index contributed by atoms with van der Waals surface area (Å²) >= 11 is 6.37. The van der Waals surface area contributed by atoms with Gasteiger partial charge in [0.2, 0.25) is 6.79 Å². The summed E-state index contributed by atoms with van der Waals surface area (Å²) in [4.78, 5) is 4.95. The zero-order valence-electron chi connectivity index (χ0n) is 22.6. The molecule has 1 aromatic heterocycles. The van der Waals surface area contributed by atoms with Crippen LogP contribution < -0.4 is 23.8 Å².